The van der Waals surface area contributed by atoms with Crippen LogP contribution in [0.2, 0.25) is 0 Å². The Morgan fingerprint density at radius 2 is 1.79 bits per heavy atom. The highest BCUT2D eigenvalue weighted by Crippen LogP contribution is 2.42. The average Bonchev–Trinajstić information content (AvgIpc) is 2.96. The first-order chi connectivity index (χ1) is 18.9. The summed E-state index contributed by atoms with van der Waals surface area (Å²) in [4.78, 5) is 55.5. The molecule has 0 aliphatic carbocycles. The smallest absolute Gasteiger partial charge is 0.433 e. The predicted octanol–water partition coefficient (Wildman–Crippen LogP) is 4.10. The summed E-state index contributed by atoms with van der Waals surface area (Å²) in [6.45, 7) is 5.06. The number of hydrogen-bond acceptors (Lipinski definition) is 9. The summed E-state index contributed by atoms with van der Waals surface area (Å²) >= 11 is 0. The van der Waals surface area contributed by atoms with Gasteiger partial charge in [0.25, 0.3) is 5.56 Å². The van der Waals surface area contributed by atoms with Crippen molar-refractivity contribution in [1.82, 2.24) is 19.6 Å². The second-order valence-corrected chi connectivity index (χ2v) is 9.95. The monoisotopic (exact) mass is 531 g/mol. The zero-order valence-electron chi connectivity index (χ0n) is 22.3. The molecule has 0 saturated carbocycles. The van der Waals surface area contributed by atoms with Gasteiger partial charge in [0.1, 0.15) is 0 Å². The fraction of sp³-hybridized carbons (Fsp3) is 0.414. The Morgan fingerprint density at radius 3 is 2.51 bits per heavy atom. The summed E-state index contributed by atoms with van der Waals surface area (Å²) in [6.07, 6.45) is 5.28. The van der Waals surface area contributed by atoms with Crippen LogP contribution in [0.1, 0.15) is 49.9 Å². The molecule has 1 fully saturated rings. The number of pyridine rings is 1. The van der Waals surface area contributed by atoms with Gasteiger partial charge in [-0.1, -0.05) is 37.3 Å². The zero-order valence-corrected chi connectivity index (χ0v) is 22.3. The van der Waals surface area contributed by atoms with Crippen LogP contribution in [0, 0.1) is 0 Å². The molecule has 0 N–H and O–H groups in total. The Labute approximate surface area is 227 Å². The molecule has 2 atom stereocenters. The van der Waals surface area contributed by atoms with Crippen LogP contribution in [0.3, 0.4) is 0 Å². The van der Waals surface area contributed by atoms with Gasteiger partial charge >= 0.3 is 6.16 Å². The molecule has 1 spiro atoms. The van der Waals surface area contributed by atoms with Crippen LogP contribution >= 0.6 is 0 Å². The quantitative estimate of drug-likeness (QED) is 0.329. The molecule has 204 valence electrons. The van der Waals surface area contributed by atoms with E-state index in [0.717, 1.165) is 12.0 Å². The molecule has 1 aromatic carbocycles. The highest BCUT2D eigenvalue weighted by atomic mass is 16.8. The lowest BCUT2D eigenvalue weighted by atomic mass is 9.78. The summed E-state index contributed by atoms with van der Waals surface area (Å²) in [7, 11) is 0. The summed E-state index contributed by atoms with van der Waals surface area (Å²) < 4.78 is 6.66. The summed E-state index contributed by atoms with van der Waals surface area (Å²) in [5, 5.41) is 1.70. The average molecular weight is 532 g/mol. The minimum atomic E-state index is -0.716. The van der Waals surface area contributed by atoms with Crippen molar-refractivity contribution in [2.45, 2.75) is 57.7 Å². The highest BCUT2D eigenvalue weighted by molar-refractivity contribution is 5.99. The maximum Gasteiger partial charge on any atom is 0.527 e. The number of hydrogen-bond donors (Lipinski definition) is 0. The van der Waals surface area contributed by atoms with Gasteiger partial charge in [-0.2, -0.15) is 0 Å². The first-order valence-electron chi connectivity index (χ1n) is 13.4. The number of nitrogens with zero attached hydrogens (tertiary/aromatic N) is 5. The topological polar surface area (TPSA) is 107 Å². The third-order valence-electron chi connectivity index (χ3n) is 7.72. The SMILES string of the molecule is CCOC(=O)ON1CCC2(CCn3c(nc(-c4ccncc4)cc3=O)N2CC(=O)c2ccccc2)CC1CC. The lowest BCUT2D eigenvalue weighted by Crippen LogP contribution is -2.63. The van der Waals surface area contributed by atoms with Crippen molar-refractivity contribution in [2.24, 2.45) is 0 Å². The van der Waals surface area contributed by atoms with Crippen molar-refractivity contribution in [2.75, 3.05) is 24.6 Å². The van der Waals surface area contributed by atoms with E-state index in [1.165, 1.54) is 0 Å². The number of ether oxygens (including phenoxy) is 1. The molecule has 2 aromatic heterocycles. The molecule has 2 unspecified atom stereocenters. The molecule has 10 heteroatoms. The van der Waals surface area contributed by atoms with Gasteiger partial charge in [0.05, 0.1) is 18.8 Å². The first kappa shape index (κ1) is 26.6. The molecule has 2 aliphatic heterocycles. The van der Waals surface area contributed by atoms with Crippen molar-refractivity contribution >= 4 is 17.9 Å². The molecular weight excluding hydrogens is 498 g/mol. The van der Waals surface area contributed by atoms with Crippen LogP contribution in [0.5, 0.6) is 0 Å². The van der Waals surface area contributed by atoms with Gasteiger partial charge in [0, 0.05) is 54.3 Å². The molecule has 4 heterocycles. The second-order valence-electron chi connectivity index (χ2n) is 9.95. The number of carbonyl (C=O) groups excluding carboxylic acids is 2. The normalized spacial score (nSPS) is 20.9. The second kappa shape index (κ2) is 11.4. The summed E-state index contributed by atoms with van der Waals surface area (Å²) in [6, 6.07) is 14.3. The lowest BCUT2D eigenvalue weighted by molar-refractivity contribution is -0.176. The van der Waals surface area contributed by atoms with E-state index in [9.17, 15) is 14.4 Å². The molecule has 2 aliphatic rings. The van der Waals surface area contributed by atoms with Gasteiger partial charge in [0.15, 0.2) is 5.78 Å². The van der Waals surface area contributed by atoms with Crippen molar-refractivity contribution in [3.05, 3.63) is 76.8 Å². The molecule has 3 aromatic rings. The van der Waals surface area contributed by atoms with Crippen molar-refractivity contribution < 1.29 is 19.2 Å². The minimum Gasteiger partial charge on any atom is -0.433 e. The van der Waals surface area contributed by atoms with Crippen LogP contribution in [-0.2, 0) is 16.1 Å². The van der Waals surface area contributed by atoms with Crippen LogP contribution in [0.4, 0.5) is 10.7 Å². The molecule has 1 saturated heterocycles. The van der Waals surface area contributed by atoms with Crippen molar-refractivity contribution in [1.29, 1.82) is 0 Å². The Bertz CT molecular complexity index is 1380. The maximum atomic E-state index is 13.6. The molecule has 0 amide bonds. The number of benzene rings is 1. The molecular formula is C29H33N5O5. The highest BCUT2D eigenvalue weighted by Gasteiger charge is 2.48. The van der Waals surface area contributed by atoms with Gasteiger partial charge in [-0.25, -0.2) is 9.78 Å². The van der Waals surface area contributed by atoms with Crippen LogP contribution < -0.4 is 10.5 Å². The van der Waals surface area contributed by atoms with Gasteiger partial charge in [-0.05, 0) is 44.7 Å². The maximum absolute atomic E-state index is 13.6. The Hall–Kier alpha value is -4.05. The number of Topliss-reactive ketones (excluding diaryl/α,β-unsaturated/α-hetero) is 1. The van der Waals surface area contributed by atoms with Crippen molar-refractivity contribution in [3.8, 4) is 11.3 Å². The lowest BCUT2D eigenvalue weighted by Gasteiger charge is -2.53. The third kappa shape index (κ3) is 5.42. The van der Waals surface area contributed by atoms with Gasteiger partial charge in [-0.15, -0.1) is 5.06 Å². The van der Waals surface area contributed by atoms with E-state index in [-0.39, 0.29) is 30.5 Å². The van der Waals surface area contributed by atoms with Gasteiger partial charge in [0.2, 0.25) is 5.95 Å². The number of ketones is 1. The van der Waals surface area contributed by atoms with E-state index in [1.807, 2.05) is 42.2 Å². The van der Waals surface area contributed by atoms with Crippen LogP contribution in [0.25, 0.3) is 11.3 Å². The fourth-order valence-corrected chi connectivity index (χ4v) is 5.67. The Morgan fingerprint density at radius 1 is 1.05 bits per heavy atom. The van der Waals surface area contributed by atoms with E-state index in [0.29, 0.717) is 49.6 Å². The molecule has 0 radical (unpaired) electrons. The number of carbonyl (C=O) groups is 2. The molecule has 39 heavy (non-hydrogen) atoms. The summed E-state index contributed by atoms with van der Waals surface area (Å²) in [5.41, 5.74) is 1.32. The summed E-state index contributed by atoms with van der Waals surface area (Å²) in [5.74, 6) is 0.435. The predicted molar refractivity (Wildman–Crippen MR) is 145 cm³/mol. The van der Waals surface area contributed by atoms with Crippen molar-refractivity contribution in [3.63, 3.8) is 0 Å². The third-order valence-corrected chi connectivity index (χ3v) is 7.72. The fourth-order valence-electron chi connectivity index (χ4n) is 5.67. The number of hydroxylamine groups is 2. The molecule has 0 bridgehead atoms. The van der Waals surface area contributed by atoms with Gasteiger partial charge < -0.3 is 14.5 Å². The standard InChI is InChI=1S/C29H33N5O5/c1-3-23-19-29(13-17-34(23)39-28(37)38-4-2)12-16-32-26(36)18-24(21-10-14-30-15-11-21)31-27(32)33(29)20-25(35)22-8-6-5-7-9-22/h5-11,14-15,18,23H,3-4,12-13,16-17,19-20H2,1-2H3. The van der Waals surface area contributed by atoms with E-state index in [1.54, 1.807) is 47.1 Å². The van der Waals surface area contributed by atoms with Gasteiger partial charge in [-0.3, -0.25) is 19.1 Å². The number of rotatable bonds is 7. The van der Waals surface area contributed by atoms with Crippen LogP contribution in [-0.4, -0.2) is 62.8 Å². The van der Waals surface area contributed by atoms with E-state index in [2.05, 4.69) is 4.98 Å². The Kier molecular flexibility index (Phi) is 7.74. The first-order valence-corrected chi connectivity index (χ1v) is 13.4. The Balaban J connectivity index is 1.54. The minimum absolute atomic E-state index is 0.0507. The number of piperidine rings is 1. The number of aromatic nitrogens is 3. The van der Waals surface area contributed by atoms with E-state index in [4.69, 9.17) is 14.6 Å². The number of anilines is 1. The van der Waals surface area contributed by atoms with E-state index >= 15 is 0 Å². The van der Waals surface area contributed by atoms with E-state index < -0.39 is 11.7 Å². The molecule has 10 nitrogen and oxygen atoms in total. The van der Waals surface area contributed by atoms with Crippen LogP contribution in [0.15, 0.2) is 65.7 Å². The zero-order chi connectivity index (χ0) is 27.4. The molecule has 5 rings (SSSR count). The number of fused-ring (bicyclic) bond motifs is 1. The largest absolute Gasteiger partial charge is 0.527 e.